The fourth-order valence-corrected chi connectivity index (χ4v) is 2.34. The Labute approximate surface area is 84.8 Å². The van der Waals surface area contributed by atoms with Crippen molar-refractivity contribution in [3.05, 3.63) is 0 Å². The van der Waals surface area contributed by atoms with Crippen LogP contribution in [0.4, 0.5) is 0 Å². The number of rotatable bonds is 5. The third-order valence-corrected chi connectivity index (χ3v) is 3.44. The molecule has 1 unspecified atom stereocenters. The molecule has 1 aliphatic heterocycles. The summed E-state index contributed by atoms with van der Waals surface area (Å²) in [5.74, 6) is 0.167. The summed E-state index contributed by atoms with van der Waals surface area (Å²) in [7, 11) is -3.12. The Morgan fingerprint density at radius 3 is 2.79 bits per heavy atom. The van der Waals surface area contributed by atoms with Gasteiger partial charge in [-0.25, -0.2) is 13.1 Å². The van der Waals surface area contributed by atoms with Gasteiger partial charge in [-0.15, -0.1) is 0 Å². The van der Waals surface area contributed by atoms with E-state index < -0.39 is 10.0 Å². The van der Waals surface area contributed by atoms with E-state index >= 15 is 0 Å². The SMILES string of the molecule is CCCS(=O)(=O)NCC1COCCO1. The zero-order valence-corrected chi connectivity index (χ0v) is 9.18. The van der Waals surface area contributed by atoms with Crippen molar-refractivity contribution in [3.63, 3.8) is 0 Å². The van der Waals surface area contributed by atoms with Crippen molar-refractivity contribution in [3.8, 4) is 0 Å². The van der Waals surface area contributed by atoms with Crippen LogP contribution in [0.3, 0.4) is 0 Å². The van der Waals surface area contributed by atoms with E-state index in [9.17, 15) is 8.42 Å². The standard InChI is InChI=1S/C8H17NO4S/c1-2-5-14(10,11)9-6-8-7-12-3-4-13-8/h8-9H,2-7H2,1H3. The smallest absolute Gasteiger partial charge is 0.211 e. The highest BCUT2D eigenvalue weighted by Gasteiger charge is 2.17. The van der Waals surface area contributed by atoms with Gasteiger partial charge in [0.15, 0.2) is 0 Å². The van der Waals surface area contributed by atoms with Crippen LogP contribution in [0.15, 0.2) is 0 Å². The molecule has 6 heteroatoms. The molecule has 0 aromatic heterocycles. The summed E-state index contributed by atoms with van der Waals surface area (Å²) in [4.78, 5) is 0. The molecule has 0 amide bonds. The third kappa shape index (κ3) is 4.36. The maximum atomic E-state index is 11.3. The fraction of sp³-hybridized carbons (Fsp3) is 1.00. The van der Waals surface area contributed by atoms with Gasteiger partial charge in [0.05, 0.1) is 31.7 Å². The predicted molar refractivity (Wildman–Crippen MR) is 52.6 cm³/mol. The molecule has 0 radical (unpaired) electrons. The van der Waals surface area contributed by atoms with Gasteiger partial charge in [0, 0.05) is 6.54 Å². The van der Waals surface area contributed by atoms with Gasteiger partial charge in [-0.1, -0.05) is 6.92 Å². The zero-order chi connectivity index (χ0) is 10.4. The van der Waals surface area contributed by atoms with E-state index in [1.807, 2.05) is 6.92 Å². The fourth-order valence-electron chi connectivity index (χ4n) is 1.22. The van der Waals surface area contributed by atoms with Crippen LogP contribution in [-0.2, 0) is 19.5 Å². The lowest BCUT2D eigenvalue weighted by Gasteiger charge is -2.22. The van der Waals surface area contributed by atoms with Crippen molar-refractivity contribution in [2.24, 2.45) is 0 Å². The Morgan fingerprint density at radius 2 is 2.21 bits per heavy atom. The lowest BCUT2D eigenvalue weighted by molar-refractivity contribution is -0.0846. The summed E-state index contributed by atoms with van der Waals surface area (Å²) < 4.78 is 35.5. The first-order valence-corrected chi connectivity index (χ1v) is 6.46. The monoisotopic (exact) mass is 223 g/mol. The summed E-state index contributed by atoms with van der Waals surface area (Å²) in [5, 5.41) is 0. The first-order chi connectivity index (χ1) is 6.64. The number of sulfonamides is 1. The van der Waals surface area contributed by atoms with Crippen LogP contribution >= 0.6 is 0 Å². The van der Waals surface area contributed by atoms with Gasteiger partial charge >= 0.3 is 0 Å². The van der Waals surface area contributed by atoms with Gasteiger partial charge in [0.25, 0.3) is 0 Å². The maximum Gasteiger partial charge on any atom is 0.211 e. The van der Waals surface area contributed by atoms with E-state index in [0.717, 1.165) is 0 Å². The number of nitrogens with one attached hydrogen (secondary N) is 1. The van der Waals surface area contributed by atoms with E-state index in [1.54, 1.807) is 0 Å². The van der Waals surface area contributed by atoms with Crippen LogP contribution in [0, 0.1) is 0 Å². The van der Waals surface area contributed by atoms with Crippen LogP contribution in [-0.4, -0.2) is 46.6 Å². The van der Waals surface area contributed by atoms with E-state index in [-0.39, 0.29) is 11.9 Å². The minimum absolute atomic E-state index is 0.143. The highest BCUT2D eigenvalue weighted by atomic mass is 32.2. The minimum Gasteiger partial charge on any atom is -0.376 e. The number of hydrogen-bond donors (Lipinski definition) is 1. The second-order valence-electron chi connectivity index (χ2n) is 3.24. The summed E-state index contributed by atoms with van der Waals surface area (Å²) in [6, 6.07) is 0. The lowest BCUT2D eigenvalue weighted by atomic mass is 10.3. The molecule has 14 heavy (non-hydrogen) atoms. The molecule has 1 atom stereocenters. The molecule has 1 fully saturated rings. The van der Waals surface area contributed by atoms with Crippen molar-refractivity contribution >= 4 is 10.0 Å². The molecule has 0 aromatic rings. The molecule has 0 spiro atoms. The highest BCUT2D eigenvalue weighted by molar-refractivity contribution is 7.89. The van der Waals surface area contributed by atoms with Gasteiger partial charge in [-0.3, -0.25) is 0 Å². The van der Waals surface area contributed by atoms with Gasteiger partial charge in [0.1, 0.15) is 0 Å². The van der Waals surface area contributed by atoms with Gasteiger partial charge < -0.3 is 9.47 Å². The topological polar surface area (TPSA) is 64.6 Å². The van der Waals surface area contributed by atoms with Gasteiger partial charge in [0.2, 0.25) is 10.0 Å². The highest BCUT2D eigenvalue weighted by Crippen LogP contribution is 2.00. The van der Waals surface area contributed by atoms with E-state index in [2.05, 4.69) is 4.72 Å². The maximum absolute atomic E-state index is 11.3. The molecule has 0 bridgehead atoms. The van der Waals surface area contributed by atoms with Crippen molar-refractivity contribution in [2.75, 3.05) is 32.1 Å². The van der Waals surface area contributed by atoms with Crippen LogP contribution in [0.2, 0.25) is 0 Å². The Hall–Kier alpha value is -0.170. The molecule has 0 aliphatic carbocycles. The Bertz CT molecular complexity index is 246. The summed E-state index contributed by atoms with van der Waals surface area (Å²) >= 11 is 0. The first kappa shape index (κ1) is 11.9. The number of ether oxygens (including phenoxy) is 2. The Kier molecular flexibility index (Phi) is 4.80. The molecular weight excluding hydrogens is 206 g/mol. The molecule has 1 saturated heterocycles. The Morgan fingerprint density at radius 1 is 1.43 bits per heavy atom. The second-order valence-corrected chi connectivity index (χ2v) is 5.16. The minimum atomic E-state index is -3.12. The van der Waals surface area contributed by atoms with Crippen LogP contribution < -0.4 is 4.72 Å². The van der Waals surface area contributed by atoms with E-state index in [4.69, 9.17) is 9.47 Å². The zero-order valence-electron chi connectivity index (χ0n) is 8.36. The van der Waals surface area contributed by atoms with E-state index in [1.165, 1.54) is 0 Å². The molecule has 1 N–H and O–H groups in total. The summed E-state index contributed by atoms with van der Waals surface area (Å²) in [5.41, 5.74) is 0. The largest absolute Gasteiger partial charge is 0.376 e. The van der Waals surface area contributed by atoms with E-state index in [0.29, 0.717) is 32.8 Å². The van der Waals surface area contributed by atoms with Crippen LogP contribution in [0.1, 0.15) is 13.3 Å². The quantitative estimate of drug-likeness (QED) is 0.697. The average Bonchev–Trinajstić information content (AvgIpc) is 2.17. The molecule has 1 rings (SSSR count). The number of hydrogen-bond acceptors (Lipinski definition) is 4. The predicted octanol–water partition coefficient (Wildman–Crippen LogP) is -0.269. The normalized spacial score (nSPS) is 23.6. The van der Waals surface area contributed by atoms with Gasteiger partial charge in [-0.2, -0.15) is 0 Å². The Balaban J connectivity index is 2.24. The summed E-state index contributed by atoms with van der Waals surface area (Å²) in [6.45, 7) is 3.74. The second kappa shape index (κ2) is 5.65. The van der Waals surface area contributed by atoms with Crippen molar-refractivity contribution in [1.82, 2.24) is 4.72 Å². The molecule has 0 saturated carbocycles. The molecular formula is C8H17NO4S. The molecule has 0 aromatic carbocycles. The summed E-state index contributed by atoms with van der Waals surface area (Å²) in [6.07, 6.45) is 0.479. The van der Waals surface area contributed by atoms with Crippen molar-refractivity contribution in [1.29, 1.82) is 0 Å². The molecule has 1 aliphatic rings. The molecule has 5 nitrogen and oxygen atoms in total. The lowest BCUT2D eigenvalue weighted by Crippen LogP contribution is -2.40. The average molecular weight is 223 g/mol. The molecule has 1 heterocycles. The third-order valence-electron chi connectivity index (χ3n) is 1.89. The van der Waals surface area contributed by atoms with Crippen molar-refractivity contribution in [2.45, 2.75) is 19.4 Å². The van der Waals surface area contributed by atoms with Crippen LogP contribution in [0.25, 0.3) is 0 Å². The first-order valence-electron chi connectivity index (χ1n) is 4.81. The molecule has 84 valence electrons. The van der Waals surface area contributed by atoms with Gasteiger partial charge in [-0.05, 0) is 6.42 Å². The van der Waals surface area contributed by atoms with Crippen molar-refractivity contribution < 1.29 is 17.9 Å². The van der Waals surface area contributed by atoms with Crippen LogP contribution in [0.5, 0.6) is 0 Å².